The zero-order chi connectivity index (χ0) is 20.1. The zero-order valence-corrected chi connectivity index (χ0v) is 16.7. The van der Waals surface area contributed by atoms with Crippen LogP contribution in [0.3, 0.4) is 0 Å². The van der Waals surface area contributed by atoms with E-state index < -0.39 is 0 Å². The van der Waals surface area contributed by atoms with Gasteiger partial charge in [-0.15, -0.1) is 11.3 Å². The Morgan fingerprint density at radius 2 is 1.69 bits per heavy atom. The maximum atomic E-state index is 12.8. The maximum absolute atomic E-state index is 12.8. The number of aromatic nitrogens is 1. The highest BCUT2D eigenvalue weighted by molar-refractivity contribution is 7.14. The van der Waals surface area contributed by atoms with E-state index in [2.05, 4.69) is 15.2 Å². The van der Waals surface area contributed by atoms with E-state index in [0.29, 0.717) is 21.8 Å². The SMILES string of the molecule is O=C(Nc1nc(CN2CCOCC2)cs1)c1ccccc1C(=O)c1ccccc1. The smallest absolute Gasteiger partial charge is 0.258 e. The van der Waals surface area contributed by atoms with Gasteiger partial charge in [-0.1, -0.05) is 48.5 Å². The van der Waals surface area contributed by atoms with E-state index in [1.54, 1.807) is 36.4 Å². The van der Waals surface area contributed by atoms with Crippen LogP contribution in [0.1, 0.15) is 32.0 Å². The van der Waals surface area contributed by atoms with Crippen LogP contribution in [-0.4, -0.2) is 47.9 Å². The Bertz CT molecular complexity index is 997. The van der Waals surface area contributed by atoms with Gasteiger partial charge in [0.05, 0.1) is 24.5 Å². The van der Waals surface area contributed by atoms with Gasteiger partial charge in [0.2, 0.25) is 0 Å². The first-order valence-corrected chi connectivity index (χ1v) is 10.3. The predicted octanol–water partition coefficient (Wildman–Crippen LogP) is 3.46. The van der Waals surface area contributed by atoms with Crippen molar-refractivity contribution in [2.45, 2.75) is 6.54 Å². The zero-order valence-electron chi connectivity index (χ0n) is 15.8. The molecule has 148 valence electrons. The lowest BCUT2D eigenvalue weighted by atomic mass is 9.98. The molecule has 3 aromatic rings. The number of carbonyl (C=O) groups excluding carboxylic acids is 2. The number of rotatable bonds is 6. The third-order valence-electron chi connectivity index (χ3n) is 4.71. The van der Waals surface area contributed by atoms with Crippen molar-refractivity contribution in [3.8, 4) is 0 Å². The molecule has 0 unspecified atom stereocenters. The molecule has 0 radical (unpaired) electrons. The molecule has 0 aliphatic carbocycles. The van der Waals surface area contributed by atoms with E-state index in [-0.39, 0.29) is 11.7 Å². The van der Waals surface area contributed by atoms with Crippen LogP contribution in [0.4, 0.5) is 5.13 Å². The molecule has 6 nitrogen and oxygen atoms in total. The number of carbonyl (C=O) groups is 2. The number of benzene rings is 2. The van der Waals surface area contributed by atoms with E-state index in [9.17, 15) is 9.59 Å². The molecule has 29 heavy (non-hydrogen) atoms. The fourth-order valence-corrected chi connectivity index (χ4v) is 3.91. The van der Waals surface area contributed by atoms with E-state index in [1.807, 2.05) is 23.6 Å². The largest absolute Gasteiger partial charge is 0.379 e. The molecular weight excluding hydrogens is 386 g/mol. The van der Waals surface area contributed by atoms with Gasteiger partial charge in [0.25, 0.3) is 5.91 Å². The summed E-state index contributed by atoms with van der Waals surface area (Å²) in [7, 11) is 0. The van der Waals surface area contributed by atoms with Crippen LogP contribution in [0.15, 0.2) is 60.0 Å². The molecular formula is C22H21N3O3S. The van der Waals surface area contributed by atoms with Crippen molar-refractivity contribution in [3.05, 3.63) is 82.4 Å². The number of hydrogen-bond donors (Lipinski definition) is 1. The van der Waals surface area contributed by atoms with Gasteiger partial charge in [0.15, 0.2) is 10.9 Å². The van der Waals surface area contributed by atoms with Gasteiger partial charge in [0.1, 0.15) is 0 Å². The number of ether oxygens (including phenoxy) is 1. The predicted molar refractivity (Wildman–Crippen MR) is 112 cm³/mol. The highest BCUT2D eigenvalue weighted by atomic mass is 32.1. The Morgan fingerprint density at radius 3 is 2.45 bits per heavy atom. The quantitative estimate of drug-likeness (QED) is 0.634. The summed E-state index contributed by atoms with van der Waals surface area (Å²) in [5.74, 6) is -0.513. The third kappa shape index (κ3) is 4.76. The molecule has 1 N–H and O–H groups in total. The van der Waals surface area contributed by atoms with Crippen molar-refractivity contribution in [3.63, 3.8) is 0 Å². The molecule has 1 amide bonds. The summed E-state index contributed by atoms with van der Waals surface area (Å²) in [4.78, 5) is 32.5. The van der Waals surface area contributed by atoms with Gasteiger partial charge in [-0.05, 0) is 6.07 Å². The van der Waals surface area contributed by atoms with Crippen LogP contribution in [0, 0.1) is 0 Å². The van der Waals surface area contributed by atoms with E-state index >= 15 is 0 Å². The Balaban J connectivity index is 1.47. The fourth-order valence-electron chi connectivity index (χ4n) is 3.21. The van der Waals surface area contributed by atoms with Crippen molar-refractivity contribution in [2.75, 3.05) is 31.6 Å². The van der Waals surface area contributed by atoms with Gasteiger partial charge in [-0.2, -0.15) is 0 Å². The molecule has 2 aromatic carbocycles. The minimum absolute atomic E-state index is 0.177. The lowest BCUT2D eigenvalue weighted by molar-refractivity contribution is 0.0337. The molecule has 0 atom stereocenters. The number of hydrogen-bond acceptors (Lipinski definition) is 6. The van der Waals surface area contributed by atoms with E-state index in [1.165, 1.54) is 11.3 Å². The highest BCUT2D eigenvalue weighted by Gasteiger charge is 2.19. The molecule has 4 rings (SSSR count). The first-order valence-electron chi connectivity index (χ1n) is 9.45. The average Bonchev–Trinajstić information content (AvgIpc) is 3.21. The van der Waals surface area contributed by atoms with Crippen molar-refractivity contribution in [2.24, 2.45) is 0 Å². The lowest BCUT2D eigenvalue weighted by Crippen LogP contribution is -2.35. The number of ketones is 1. The first kappa shape index (κ1) is 19.4. The number of amides is 1. The van der Waals surface area contributed by atoms with Gasteiger partial charge in [-0.3, -0.25) is 19.8 Å². The van der Waals surface area contributed by atoms with Gasteiger partial charge in [0, 0.05) is 36.1 Å². The summed E-state index contributed by atoms with van der Waals surface area (Å²) in [5.41, 5.74) is 2.18. The topological polar surface area (TPSA) is 71.5 Å². The fraction of sp³-hybridized carbons (Fsp3) is 0.227. The second kappa shape index (κ2) is 9.09. The molecule has 2 heterocycles. The second-order valence-electron chi connectivity index (χ2n) is 6.73. The molecule has 1 aliphatic rings. The van der Waals surface area contributed by atoms with Gasteiger partial charge in [-0.25, -0.2) is 4.98 Å². The van der Waals surface area contributed by atoms with Crippen LogP contribution >= 0.6 is 11.3 Å². The second-order valence-corrected chi connectivity index (χ2v) is 7.59. The molecule has 1 aliphatic heterocycles. The summed E-state index contributed by atoms with van der Waals surface area (Å²) in [6, 6.07) is 15.8. The average molecular weight is 407 g/mol. The van der Waals surface area contributed by atoms with Crippen molar-refractivity contribution < 1.29 is 14.3 Å². The summed E-state index contributed by atoms with van der Waals surface area (Å²) < 4.78 is 5.36. The van der Waals surface area contributed by atoms with E-state index in [0.717, 1.165) is 38.5 Å². The van der Waals surface area contributed by atoms with Gasteiger partial charge >= 0.3 is 0 Å². The summed E-state index contributed by atoms with van der Waals surface area (Å²) in [6.45, 7) is 3.97. The van der Waals surface area contributed by atoms with Crippen molar-refractivity contribution in [1.29, 1.82) is 0 Å². The maximum Gasteiger partial charge on any atom is 0.258 e. The standard InChI is InChI=1S/C22H21N3O3S/c26-20(16-6-2-1-3-7-16)18-8-4-5-9-19(18)21(27)24-22-23-17(15-29-22)14-25-10-12-28-13-11-25/h1-9,15H,10-14H2,(H,23,24,27). The molecule has 0 spiro atoms. The van der Waals surface area contributed by atoms with Crippen LogP contribution in [0.5, 0.6) is 0 Å². The van der Waals surface area contributed by atoms with Crippen LogP contribution in [0.25, 0.3) is 0 Å². The Hall–Kier alpha value is -2.87. The summed E-state index contributed by atoms with van der Waals surface area (Å²) in [5, 5.41) is 5.31. The molecule has 1 fully saturated rings. The molecule has 1 saturated heterocycles. The molecule has 7 heteroatoms. The molecule has 0 saturated carbocycles. The minimum atomic E-state index is -0.336. The van der Waals surface area contributed by atoms with Crippen LogP contribution in [0.2, 0.25) is 0 Å². The Labute approximate surface area is 173 Å². The van der Waals surface area contributed by atoms with Crippen LogP contribution in [-0.2, 0) is 11.3 Å². The number of thiazole rings is 1. The third-order valence-corrected chi connectivity index (χ3v) is 5.52. The highest BCUT2D eigenvalue weighted by Crippen LogP contribution is 2.20. The lowest BCUT2D eigenvalue weighted by Gasteiger charge is -2.25. The Morgan fingerprint density at radius 1 is 1.00 bits per heavy atom. The van der Waals surface area contributed by atoms with Crippen LogP contribution < -0.4 is 5.32 Å². The van der Waals surface area contributed by atoms with E-state index in [4.69, 9.17) is 4.74 Å². The Kier molecular flexibility index (Phi) is 6.09. The number of nitrogens with zero attached hydrogens (tertiary/aromatic N) is 2. The minimum Gasteiger partial charge on any atom is -0.379 e. The first-order chi connectivity index (χ1) is 14.2. The van der Waals surface area contributed by atoms with Gasteiger partial charge < -0.3 is 4.74 Å². The monoisotopic (exact) mass is 407 g/mol. The summed E-state index contributed by atoms with van der Waals surface area (Å²) in [6.07, 6.45) is 0. The van der Waals surface area contributed by atoms with Crippen molar-refractivity contribution in [1.82, 2.24) is 9.88 Å². The molecule has 0 bridgehead atoms. The molecule has 1 aromatic heterocycles. The summed E-state index contributed by atoms with van der Waals surface area (Å²) >= 11 is 1.39. The number of anilines is 1. The normalized spacial score (nSPS) is 14.5. The number of morpholine rings is 1. The van der Waals surface area contributed by atoms with Crippen molar-refractivity contribution >= 4 is 28.2 Å². The number of nitrogens with one attached hydrogen (secondary N) is 1.